The number of benzene rings is 1. The predicted molar refractivity (Wildman–Crippen MR) is 70.6 cm³/mol. The lowest BCUT2D eigenvalue weighted by Gasteiger charge is -2.07. The van der Waals surface area contributed by atoms with Crippen molar-refractivity contribution >= 4 is 11.5 Å². The highest BCUT2D eigenvalue weighted by molar-refractivity contribution is 6.04. The fraction of sp³-hybridized carbons (Fsp3) is 0.333. The molecule has 3 nitrogen and oxygen atoms in total. The Bertz CT molecular complexity index is 531. The molecule has 0 spiro atoms. The van der Waals surface area contributed by atoms with E-state index >= 15 is 0 Å². The summed E-state index contributed by atoms with van der Waals surface area (Å²) in [4.78, 5) is 11.9. The molecule has 0 heterocycles. The van der Waals surface area contributed by atoms with Crippen molar-refractivity contribution in [3.8, 4) is 6.07 Å². The monoisotopic (exact) mass is 240 g/mol. The normalized spacial score (nSPS) is 15.6. The van der Waals surface area contributed by atoms with Crippen LogP contribution in [-0.4, -0.2) is 11.9 Å². The van der Waals surface area contributed by atoms with E-state index in [0.717, 1.165) is 29.5 Å². The average molecular weight is 240 g/mol. The van der Waals surface area contributed by atoms with Gasteiger partial charge < -0.3 is 5.32 Å². The number of nitriles is 1. The van der Waals surface area contributed by atoms with Crippen molar-refractivity contribution in [2.24, 2.45) is 0 Å². The van der Waals surface area contributed by atoms with E-state index in [2.05, 4.69) is 5.32 Å². The van der Waals surface area contributed by atoms with E-state index in [4.69, 9.17) is 5.26 Å². The van der Waals surface area contributed by atoms with Crippen LogP contribution in [0.1, 0.15) is 30.9 Å². The van der Waals surface area contributed by atoms with Crippen LogP contribution in [-0.2, 0) is 4.79 Å². The molecule has 0 aromatic heterocycles. The van der Waals surface area contributed by atoms with Gasteiger partial charge in [-0.2, -0.15) is 5.26 Å². The summed E-state index contributed by atoms with van der Waals surface area (Å²) in [6.07, 6.45) is 2.04. The lowest BCUT2D eigenvalue weighted by molar-refractivity contribution is -0.117. The van der Waals surface area contributed by atoms with Crippen LogP contribution < -0.4 is 5.32 Å². The first-order valence-electron chi connectivity index (χ1n) is 6.10. The minimum absolute atomic E-state index is 0.214. The molecule has 0 radical (unpaired) electrons. The van der Waals surface area contributed by atoms with Crippen molar-refractivity contribution in [2.45, 2.75) is 32.7 Å². The second-order valence-electron chi connectivity index (χ2n) is 4.73. The summed E-state index contributed by atoms with van der Waals surface area (Å²) in [7, 11) is 0. The fourth-order valence-corrected chi connectivity index (χ4v) is 1.74. The third-order valence-corrected chi connectivity index (χ3v) is 3.11. The molecule has 1 aromatic rings. The van der Waals surface area contributed by atoms with Gasteiger partial charge in [0.05, 0.1) is 0 Å². The first kappa shape index (κ1) is 12.4. The number of amides is 1. The van der Waals surface area contributed by atoms with Crippen molar-refractivity contribution < 1.29 is 4.79 Å². The minimum atomic E-state index is -0.252. The van der Waals surface area contributed by atoms with Gasteiger partial charge in [-0.15, -0.1) is 0 Å². The molecule has 1 fully saturated rings. The van der Waals surface area contributed by atoms with E-state index in [1.807, 2.05) is 44.2 Å². The summed E-state index contributed by atoms with van der Waals surface area (Å²) >= 11 is 0. The number of carbonyl (C=O) groups is 1. The van der Waals surface area contributed by atoms with Crippen LogP contribution in [0, 0.1) is 18.3 Å². The summed E-state index contributed by atoms with van der Waals surface area (Å²) in [6, 6.07) is 10.1. The van der Waals surface area contributed by atoms with Crippen LogP contribution in [0.5, 0.6) is 0 Å². The molecule has 1 aromatic carbocycles. The van der Waals surface area contributed by atoms with Crippen LogP contribution in [0.3, 0.4) is 0 Å². The number of hydrogen-bond acceptors (Lipinski definition) is 2. The number of carbonyl (C=O) groups excluding carboxylic acids is 1. The summed E-state index contributed by atoms with van der Waals surface area (Å²) in [5.41, 5.74) is 3.02. The summed E-state index contributed by atoms with van der Waals surface area (Å²) in [6.45, 7) is 3.82. The van der Waals surface area contributed by atoms with Crippen LogP contribution in [0.2, 0.25) is 0 Å². The molecule has 1 N–H and O–H groups in total. The zero-order valence-electron chi connectivity index (χ0n) is 10.7. The Morgan fingerprint density at radius 2 is 1.94 bits per heavy atom. The molecule has 0 unspecified atom stereocenters. The van der Waals surface area contributed by atoms with E-state index in [-0.39, 0.29) is 17.5 Å². The highest BCUT2D eigenvalue weighted by Gasteiger charge is 2.25. The molecular formula is C15H16N2O. The Kier molecular flexibility index (Phi) is 3.47. The lowest BCUT2D eigenvalue weighted by atomic mass is 10.0. The molecule has 0 saturated heterocycles. The Morgan fingerprint density at radius 3 is 2.44 bits per heavy atom. The predicted octanol–water partition coefficient (Wildman–Crippen LogP) is 2.57. The van der Waals surface area contributed by atoms with E-state index < -0.39 is 0 Å². The number of rotatable bonds is 3. The highest BCUT2D eigenvalue weighted by atomic mass is 16.1. The van der Waals surface area contributed by atoms with Gasteiger partial charge in [0.1, 0.15) is 11.6 Å². The number of allylic oxidation sites excluding steroid dienone is 1. The van der Waals surface area contributed by atoms with Gasteiger partial charge in [0, 0.05) is 6.04 Å². The Labute approximate surface area is 107 Å². The molecule has 1 saturated carbocycles. The van der Waals surface area contributed by atoms with Gasteiger partial charge >= 0.3 is 0 Å². The van der Waals surface area contributed by atoms with E-state index in [1.165, 1.54) is 0 Å². The average Bonchev–Trinajstić information content (AvgIpc) is 3.14. The van der Waals surface area contributed by atoms with Crippen LogP contribution >= 0.6 is 0 Å². The number of nitrogens with zero attached hydrogens (tertiary/aromatic N) is 1. The molecule has 1 amide bonds. The van der Waals surface area contributed by atoms with Gasteiger partial charge in [0.2, 0.25) is 0 Å². The molecular weight excluding hydrogens is 224 g/mol. The van der Waals surface area contributed by atoms with Crippen LogP contribution in [0.4, 0.5) is 0 Å². The first-order chi connectivity index (χ1) is 8.61. The lowest BCUT2D eigenvalue weighted by Crippen LogP contribution is -2.27. The largest absolute Gasteiger partial charge is 0.349 e. The molecule has 0 bridgehead atoms. The van der Waals surface area contributed by atoms with E-state index in [0.29, 0.717) is 0 Å². The van der Waals surface area contributed by atoms with Crippen molar-refractivity contribution in [3.63, 3.8) is 0 Å². The minimum Gasteiger partial charge on any atom is -0.349 e. The Balaban J connectivity index is 2.27. The maximum absolute atomic E-state index is 11.9. The van der Waals surface area contributed by atoms with Gasteiger partial charge in [-0.3, -0.25) is 4.79 Å². The van der Waals surface area contributed by atoms with Crippen molar-refractivity contribution in [1.82, 2.24) is 5.32 Å². The van der Waals surface area contributed by atoms with E-state index in [1.54, 1.807) is 0 Å². The second-order valence-corrected chi connectivity index (χ2v) is 4.73. The molecule has 18 heavy (non-hydrogen) atoms. The standard InChI is InChI=1S/C15H16N2O/c1-10-3-5-12(6-4-10)11(2)14(9-16)15(18)17-13-7-8-13/h3-6,13H,7-8H2,1-2H3,(H,17,18)/b14-11+. The van der Waals surface area contributed by atoms with Crippen molar-refractivity contribution in [2.75, 3.05) is 0 Å². The van der Waals surface area contributed by atoms with Crippen LogP contribution in [0.15, 0.2) is 29.8 Å². The second kappa shape index (κ2) is 5.05. The number of hydrogen-bond donors (Lipinski definition) is 1. The third-order valence-electron chi connectivity index (χ3n) is 3.11. The molecule has 1 aliphatic carbocycles. The zero-order chi connectivity index (χ0) is 13.1. The zero-order valence-corrected chi connectivity index (χ0v) is 10.7. The van der Waals surface area contributed by atoms with E-state index in [9.17, 15) is 4.79 Å². The van der Waals surface area contributed by atoms with Gasteiger partial charge in [-0.1, -0.05) is 29.8 Å². The topological polar surface area (TPSA) is 52.9 Å². The maximum atomic E-state index is 11.9. The molecule has 1 aliphatic rings. The fourth-order valence-electron chi connectivity index (χ4n) is 1.74. The summed E-state index contributed by atoms with van der Waals surface area (Å²) in [5, 5.41) is 12.0. The smallest absolute Gasteiger partial charge is 0.262 e. The number of nitrogens with one attached hydrogen (secondary N) is 1. The SMILES string of the molecule is C/C(=C(/C#N)C(=O)NC1CC1)c1ccc(C)cc1. The molecule has 0 atom stereocenters. The van der Waals surface area contributed by atoms with Gasteiger partial charge in [-0.05, 0) is 37.8 Å². The third kappa shape index (κ3) is 2.78. The molecule has 0 aliphatic heterocycles. The van der Waals surface area contributed by atoms with Crippen molar-refractivity contribution in [1.29, 1.82) is 5.26 Å². The Morgan fingerprint density at radius 1 is 1.33 bits per heavy atom. The van der Waals surface area contributed by atoms with Gasteiger partial charge in [-0.25, -0.2) is 0 Å². The summed E-state index contributed by atoms with van der Waals surface area (Å²) < 4.78 is 0. The molecule has 2 rings (SSSR count). The van der Waals surface area contributed by atoms with Crippen LogP contribution in [0.25, 0.3) is 5.57 Å². The van der Waals surface area contributed by atoms with Gasteiger partial charge in [0.25, 0.3) is 5.91 Å². The Hall–Kier alpha value is -2.08. The first-order valence-corrected chi connectivity index (χ1v) is 6.10. The highest BCUT2D eigenvalue weighted by Crippen LogP contribution is 2.22. The summed E-state index contributed by atoms with van der Waals surface area (Å²) in [5.74, 6) is -0.252. The molecule has 3 heteroatoms. The quantitative estimate of drug-likeness (QED) is 0.652. The molecule has 92 valence electrons. The van der Waals surface area contributed by atoms with Crippen molar-refractivity contribution in [3.05, 3.63) is 41.0 Å². The maximum Gasteiger partial charge on any atom is 0.262 e. The number of aryl methyl sites for hydroxylation is 1. The van der Waals surface area contributed by atoms with Gasteiger partial charge in [0.15, 0.2) is 0 Å².